The smallest absolute Gasteiger partial charge is 0.177 e. The number of unbranched alkanes of at least 4 members (excludes halogenated alkanes) is 1. The first-order valence-corrected chi connectivity index (χ1v) is 8.18. The Kier molecular flexibility index (Phi) is 3.91. The van der Waals surface area contributed by atoms with Crippen LogP contribution in [0.2, 0.25) is 0 Å². The van der Waals surface area contributed by atoms with Crippen LogP contribution < -0.4 is 5.73 Å². The van der Waals surface area contributed by atoms with Crippen LogP contribution >= 0.6 is 0 Å². The Morgan fingerprint density at radius 1 is 1.32 bits per heavy atom. The number of hydrogen-bond donors (Lipinski definition) is 1. The van der Waals surface area contributed by atoms with Gasteiger partial charge in [-0.1, -0.05) is 6.07 Å². The second-order valence-corrected chi connectivity index (χ2v) is 6.71. The first-order chi connectivity index (χ1) is 8.95. The van der Waals surface area contributed by atoms with Crippen molar-refractivity contribution < 1.29 is 8.42 Å². The number of nitrogens with two attached hydrogens (primary N) is 1. The molecule has 6 heteroatoms. The molecule has 0 fully saturated rings. The van der Waals surface area contributed by atoms with Crippen molar-refractivity contribution in [3.05, 3.63) is 24.0 Å². The van der Waals surface area contributed by atoms with E-state index in [1.165, 1.54) is 6.26 Å². The number of imidazole rings is 1. The molecule has 0 radical (unpaired) electrons. The lowest BCUT2D eigenvalue weighted by Crippen LogP contribution is -2.02. The van der Waals surface area contributed by atoms with Crippen LogP contribution in [0.4, 0.5) is 0 Å². The van der Waals surface area contributed by atoms with Crippen molar-refractivity contribution in [2.24, 2.45) is 12.8 Å². The van der Waals surface area contributed by atoms with E-state index in [4.69, 9.17) is 5.73 Å². The van der Waals surface area contributed by atoms with E-state index in [1.54, 1.807) is 12.1 Å². The molecule has 2 rings (SSSR count). The molecule has 0 unspecified atom stereocenters. The van der Waals surface area contributed by atoms with Crippen molar-refractivity contribution in [2.75, 3.05) is 12.8 Å². The summed E-state index contributed by atoms with van der Waals surface area (Å²) in [4.78, 5) is 4.79. The van der Waals surface area contributed by atoms with Crippen molar-refractivity contribution in [2.45, 2.75) is 24.2 Å². The minimum atomic E-state index is -3.25. The lowest BCUT2D eigenvalue weighted by molar-refractivity contribution is 0.602. The van der Waals surface area contributed by atoms with Gasteiger partial charge in [-0.2, -0.15) is 0 Å². The van der Waals surface area contributed by atoms with Gasteiger partial charge in [0, 0.05) is 19.7 Å². The summed E-state index contributed by atoms with van der Waals surface area (Å²) < 4.78 is 25.5. The molecule has 0 aliphatic heterocycles. The average Bonchev–Trinajstić information content (AvgIpc) is 2.66. The Bertz CT molecular complexity index is 689. The topological polar surface area (TPSA) is 78.0 Å². The predicted molar refractivity (Wildman–Crippen MR) is 75.8 cm³/mol. The van der Waals surface area contributed by atoms with Gasteiger partial charge >= 0.3 is 0 Å². The summed E-state index contributed by atoms with van der Waals surface area (Å²) >= 11 is 0. The Balaban J connectivity index is 2.51. The highest BCUT2D eigenvalue weighted by Gasteiger charge is 2.16. The number of benzene rings is 1. The van der Waals surface area contributed by atoms with Crippen molar-refractivity contribution in [1.29, 1.82) is 0 Å². The van der Waals surface area contributed by atoms with Gasteiger partial charge < -0.3 is 10.3 Å². The Morgan fingerprint density at radius 3 is 2.68 bits per heavy atom. The zero-order valence-electron chi connectivity index (χ0n) is 11.3. The van der Waals surface area contributed by atoms with Gasteiger partial charge in [-0.15, -0.1) is 0 Å². The van der Waals surface area contributed by atoms with Crippen LogP contribution in [0.3, 0.4) is 0 Å². The van der Waals surface area contributed by atoms with Crippen LogP contribution in [0.15, 0.2) is 23.1 Å². The summed E-state index contributed by atoms with van der Waals surface area (Å²) in [6.45, 7) is 0.665. The molecule has 1 aromatic heterocycles. The fourth-order valence-electron chi connectivity index (χ4n) is 2.19. The molecular weight excluding hydrogens is 262 g/mol. The third-order valence-electron chi connectivity index (χ3n) is 3.22. The zero-order valence-corrected chi connectivity index (χ0v) is 12.1. The highest BCUT2D eigenvalue weighted by Crippen LogP contribution is 2.23. The molecule has 5 nitrogen and oxygen atoms in total. The number of fused-ring (bicyclic) bond motifs is 1. The van der Waals surface area contributed by atoms with Crippen LogP contribution in [0.5, 0.6) is 0 Å². The van der Waals surface area contributed by atoms with Crippen molar-refractivity contribution >= 4 is 20.9 Å². The Morgan fingerprint density at radius 2 is 2.05 bits per heavy atom. The quantitative estimate of drug-likeness (QED) is 0.837. The minimum Gasteiger partial charge on any atom is -0.331 e. The normalized spacial score (nSPS) is 12.2. The first kappa shape index (κ1) is 14.0. The second-order valence-electron chi connectivity index (χ2n) is 4.73. The standard InChI is InChI=1S/C13H19N3O2S/c1-16-10-6-5-7-11(19(2,17)18)13(10)15-12(16)8-3-4-9-14/h5-7H,3-4,8-9,14H2,1-2H3. The third-order valence-corrected chi connectivity index (χ3v) is 4.35. The lowest BCUT2D eigenvalue weighted by Gasteiger charge is -2.01. The second kappa shape index (κ2) is 5.30. The fraction of sp³-hybridized carbons (Fsp3) is 0.462. The Hall–Kier alpha value is -1.40. The zero-order chi connectivity index (χ0) is 14.0. The van der Waals surface area contributed by atoms with Gasteiger partial charge in [0.2, 0.25) is 0 Å². The number of sulfone groups is 1. The number of aromatic nitrogens is 2. The summed E-state index contributed by atoms with van der Waals surface area (Å²) in [7, 11) is -1.34. The fourth-order valence-corrected chi connectivity index (χ4v) is 3.01. The van der Waals surface area contributed by atoms with E-state index < -0.39 is 9.84 Å². The maximum atomic E-state index is 11.8. The van der Waals surface area contributed by atoms with Gasteiger partial charge in [0.05, 0.1) is 10.4 Å². The molecule has 0 spiro atoms. The first-order valence-electron chi connectivity index (χ1n) is 6.29. The van der Waals surface area contributed by atoms with E-state index in [-0.39, 0.29) is 0 Å². The van der Waals surface area contributed by atoms with E-state index in [0.717, 1.165) is 30.6 Å². The van der Waals surface area contributed by atoms with Crippen molar-refractivity contribution in [1.82, 2.24) is 9.55 Å². The number of aryl methyl sites for hydroxylation is 2. The molecule has 0 bridgehead atoms. The van der Waals surface area contributed by atoms with Crippen LogP contribution in [-0.2, 0) is 23.3 Å². The molecule has 1 heterocycles. The van der Waals surface area contributed by atoms with Gasteiger partial charge in [-0.25, -0.2) is 13.4 Å². The summed E-state index contributed by atoms with van der Waals surface area (Å²) in [5.41, 5.74) is 6.90. The monoisotopic (exact) mass is 281 g/mol. The number of rotatable bonds is 5. The molecule has 0 saturated carbocycles. The summed E-state index contributed by atoms with van der Waals surface area (Å²) in [6.07, 6.45) is 3.93. The van der Waals surface area contributed by atoms with E-state index in [0.29, 0.717) is 17.0 Å². The van der Waals surface area contributed by atoms with Gasteiger partial charge in [0.25, 0.3) is 0 Å². The molecule has 0 saturated heterocycles. The highest BCUT2D eigenvalue weighted by molar-refractivity contribution is 7.91. The molecule has 0 amide bonds. The molecule has 104 valence electrons. The van der Waals surface area contributed by atoms with Crippen LogP contribution in [0, 0.1) is 0 Å². The summed E-state index contributed by atoms with van der Waals surface area (Å²) in [5.74, 6) is 0.902. The number of hydrogen-bond acceptors (Lipinski definition) is 4. The van der Waals surface area contributed by atoms with Crippen LogP contribution in [0.1, 0.15) is 18.7 Å². The molecule has 19 heavy (non-hydrogen) atoms. The number of nitrogens with zero attached hydrogens (tertiary/aromatic N) is 2. The number of para-hydroxylation sites is 1. The molecule has 0 atom stereocenters. The molecule has 2 N–H and O–H groups in total. The molecule has 1 aromatic carbocycles. The lowest BCUT2D eigenvalue weighted by atomic mass is 10.2. The van der Waals surface area contributed by atoms with E-state index in [9.17, 15) is 8.42 Å². The molecular formula is C13H19N3O2S. The minimum absolute atomic E-state index is 0.297. The predicted octanol–water partition coefficient (Wildman–Crippen LogP) is 1.26. The van der Waals surface area contributed by atoms with Gasteiger partial charge in [0.1, 0.15) is 11.3 Å². The van der Waals surface area contributed by atoms with Crippen LogP contribution in [0.25, 0.3) is 11.0 Å². The maximum absolute atomic E-state index is 11.8. The van der Waals surface area contributed by atoms with E-state index in [1.807, 2.05) is 17.7 Å². The molecule has 0 aliphatic rings. The van der Waals surface area contributed by atoms with E-state index >= 15 is 0 Å². The summed E-state index contributed by atoms with van der Waals surface area (Å²) in [5, 5.41) is 0. The SMILES string of the molecule is Cn1c(CCCCN)nc2c(S(C)(=O)=O)cccc21. The van der Waals surface area contributed by atoms with Crippen molar-refractivity contribution in [3.8, 4) is 0 Å². The van der Waals surface area contributed by atoms with Gasteiger partial charge in [-0.3, -0.25) is 0 Å². The van der Waals surface area contributed by atoms with E-state index in [2.05, 4.69) is 4.98 Å². The Labute approximate surface area is 113 Å². The molecule has 0 aliphatic carbocycles. The maximum Gasteiger partial charge on any atom is 0.177 e. The summed E-state index contributed by atoms with van der Waals surface area (Å²) in [6, 6.07) is 5.25. The third kappa shape index (κ3) is 2.79. The van der Waals surface area contributed by atoms with Gasteiger partial charge in [0.15, 0.2) is 9.84 Å². The van der Waals surface area contributed by atoms with Crippen LogP contribution in [-0.4, -0.2) is 30.8 Å². The highest BCUT2D eigenvalue weighted by atomic mass is 32.2. The van der Waals surface area contributed by atoms with Gasteiger partial charge in [-0.05, 0) is 31.5 Å². The molecule has 2 aromatic rings. The largest absolute Gasteiger partial charge is 0.331 e. The van der Waals surface area contributed by atoms with Crippen molar-refractivity contribution in [3.63, 3.8) is 0 Å². The average molecular weight is 281 g/mol.